The molecule has 2 rings (SSSR count). The molecule has 0 spiro atoms. The Kier molecular flexibility index (Phi) is 11.5. The van der Waals surface area contributed by atoms with Crippen LogP contribution in [0.2, 0.25) is 0 Å². The van der Waals surface area contributed by atoms with Crippen LogP contribution in [0.3, 0.4) is 0 Å². The second-order valence-corrected chi connectivity index (χ2v) is 11.1. The van der Waals surface area contributed by atoms with E-state index in [1.807, 2.05) is 13.8 Å². The number of allylic oxidation sites excluding steroid dienone is 2. The highest BCUT2D eigenvalue weighted by Crippen LogP contribution is 2.37. The first-order valence-corrected chi connectivity index (χ1v) is 13.1. The molecule has 1 aliphatic carbocycles. The Hall–Kier alpha value is -2.17. The number of carbonyl (C=O) groups is 2. The fraction of sp³-hybridized carbons (Fsp3) is 0.750. The molecular weight excluding hydrogens is 446 g/mol. The minimum atomic E-state index is -0.882. The Morgan fingerprint density at radius 3 is 2.34 bits per heavy atom. The van der Waals surface area contributed by atoms with Gasteiger partial charge in [0, 0.05) is 12.3 Å². The molecule has 1 aliphatic heterocycles. The molecule has 3 N–H and O–H groups in total. The smallest absolute Gasteiger partial charge is 0.308 e. The van der Waals surface area contributed by atoms with E-state index in [-0.39, 0.29) is 29.7 Å². The summed E-state index contributed by atoms with van der Waals surface area (Å²) < 4.78 is 5.77. The van der Waals surface area contributed by atoms with Gasteiger partial charge < -0.3 is 20.1 Å². The number of carbonyl (C=O) groups excluding carboxylic acids is 1. The molecule has 0 bridgehead atoms. The standard InChI is InChI=1S/C28H43NO6/c1-17-12-18(2)14-20(4)27(32)21(16-29)8-5-6-11-25(22-9-7-10-23(22)28(33)34)35-26(31)15-24(30)19(3)13-17/h5-6,8,17-20,22-25,27,30,32H,7,9-15H2,1-4H3,(H,33,34)/b6-5+,21-8-/t17-,18+,19-,20-,22+,23+,24-,25-,27+/m0/s1. The number of carboxylic acid groups (broad SMARTS) is 1. The molecule has 1 heterocycles. The molecule has 0 radical (unpaired) electrons. The third-order valence-electron chi connectivity index (χ3n) is 7.80. The van der Waals surface area contributed by atoms with Gasteiger partial charge in [-0.05, 0) is 61.9 Å². The van der Waals surface area contributed by atoms with Crippen molar-refractivity contribution in [2.75, 3.05) is 0 Å². The molecule has 7 nitrogen and oxygen atoms in total. The van der Waals surface area contributed by atoms with Crippen molar-refractivity contribution >= 4 is 11.9 Å². The number of ether oxygens (including phenoxy) is 1. The summed E-state index contributed by atoms with van der Waals surface area (Å²) in [7, 11) is 0. The van der Waals surface area contributed by atoms with Crippen LogP contribution < -0.4 is 0 Å². The maximum atomic E-state index is 12.7. The largest absolute Gasteiger partial charge is 0.481 e. The van der Waals surface area contributed by atoms with E-state index in [0.29, 0.717) is 31.1 Å². The van der Waals surface area contributed by atoms with E-state index in [0.717, 1.165) is 25.7 Å². The lowest BCUT2D eigenvalue weighted by molar-refractivity contribution is -0.159. The van der Waals surface area contributed by atoms with Crippen molar-refractivity contribution in [1.29, 1.82) is 5.26 Å². The first kappa shape index (κ1) is 29.1. The van der Waals surface area contributed by atoms with E-state index in [9.17, 15) is 30.2 Å². The summed E-state index contributed by atoms with van der Waals surface area (Å²) in [5, 5.41) is 40.6. The van der Waals surface area contributed by atoms with Crippen LogP contribution in [0.15, 0.2) is 23.8 Å². The van der Waals surface area contributed by atoms with Crippen molar-refractivity contribution < 1.29 is 29.6 Å². The van der Waals surface area contributed by atoms with Gasteiger partial charge in [0.15, 0.2) is 0 Å². The zero-order chi connectivity index (χ0) is 26.1. The van der Waals surface area contributed by atoms with Gasteiger partial charge in [-0.15, -0.1) is 0 Å². The van der Waals surface area contributed by atoms with Gasteiger partial charge in [0.25, 0.3) is 0 Å². The van der Waals surface area contributed by atoms with Crippen LogP contribution in [-0.4, -0.2) is 45.6 Å². The Morgan fingerprint density at radius 1 is 1.06 bits per heavy atom. The zero-order valence-corrected chi connectivity index (χ0v) is 21.6. The lowest BCUT2D eigenvalue weighted by Gasteiger charge is -2.28. The number of aliphatic hydroxyl groups excluding tert-OH is 2. The highest BCUT2D eigenvalue weighted by molar-refractivity contribution is 5.72. The SMILES string of the molecule is C[C@@H]1C[C@H](C)C[C@H](C)[C@@H](O)CC(=O)O[C@H]([C@@H]2CCC[C@H]2C(=O)O)C/C=C/C=C(/C#N)[C@H](O)[C@@H](C)C1. The normalized spacial score (nSPS) is 40.9. The van der Waals surface area contributed by atoms with E-state index in [4.69, 9.17) is 4.74 Å². The lowest BCUT2D eigenvalue weighted by atomic mass is 9.82. The number of esters is 1. The number of nitrogens with zero attached hydrogens (tertiary/aromatic N) is 1. The van der Waals surface area contributed by atoms with Crippen LogP contribution in [0.25, 0.3) is 0 Å². The molecule has 0 aromatic heterocycles. The lowest BCUT2D eigenvalue weighted by Crippen LogP contribution is -2.34. The number of cyclic esters (lactones) is 1. The molecule has 9 atom stereocenters. The number of hydrogen-bond donors (Lipinski definition) is 3. The van der Waals surface area contributed by atoms with Crippen LogP contribution in [0.5, 0.6) is 0 Å². The minimum absolute atomic E-state index is 0.0816. The molecule has 35 heavy (non-hydrogen) atoms. The quantitative estimate of drug-likeness (QED) is 0.482. The van der Waals surface area contributed by atoms with Crippen LogP contribution in [0, 0.1) is 46.8 Å². The first-order valence-electron chi connectivity index (χ1n) is 13.1. The molecule has 7 heteroatoms. The zero-order valence-electron chi connectivity index (χ0n) is 21.6. The Morgan fingerprint density at radius 2 is 1.71 bits per heavy atom. The van der Waals surface area contributed by atoms with Gasteiger partial charge in [0.1, 0.15) is 6.10 Å². The molecule has 2 aliphatic rings. The van der Waals surface area contributed by atoms with Gasteiger partial charge in [-0.2, -0.15) is 5.26 Å². The number of carboxylic acids is 1. The van der Waals surface area contributed by atoms with Crippen molar-refractivity contribution in [3.8, 4) is 6.07 Å². The highest BCUT2D eigenvalue weighted by Gasteiger charge is 2.39. The number of hydrogen-bond acceptors (Lipinski definition) is 6. The van der Waals surface area contributed by atoms with Crippen LogP contribution in [0.4, 0.5) is 0 Å². The molecular formula is C28H43NO6. The summed E-state index contributed by atoms with van der Waals surface area (Å²) in [5.41, 5.74) is 0.282. The van der Waals surface area contributed by atoms with Crippen LogP contribution in [-0.2, 0) is 14.3 Å². The fourth-order valence-electron chi connectivity index (χ4n) is 5.97. The summed E-state index contributed by atoms with van der Waals surface area (Å²) in [6.45, 7) is 8.16. The second-order valence-electron chi connectivity index (χ2n) is 11.1. The Bertz CT molecular complexity index is 815. The highest BCUT2D eigenvalue weighted by atomic mass is 16.5. The van der Waals surface area contributed by atoms with Gasteiger partial charge in [-0.3, -0.25) is 9.59 Å². The van der Waals surface area contributed by atoms with Crippen molar-refractivity contribution in [3.63, 3.8) is 0 Å². The van der Waals surface area contributed by atoms with Gasteiger partial charge >= 0.3 is 11.9 Å². The number of nitriles is 1. The maximum absolute atomic E-state index is 12.7. The van der Waals surface area contributed by atoms with E-state index in [1.165, 1.54) is 0 Å². The summed E-state index contributed by atoms with van der Waals surface area (Å²) in [4.78, 5) is 24.5. The Labute approximate surface area is 209 Å². The molecule has 1 fully saturated rings. The average molecular weight is 490 g/mol. The third kappa shape index (κ3) is 8.77. The third-order valence-corrected chi connectivity index (χ3v) is 7.80. The topological polar surface area (TPSA) is 128 Å². The van der Waals surface area contributed by atoms with Crippen LogP contribution >= 0.6 is 0 Å². The van der Waals surface area contributed by atoms with Crippen molar-refractivity contribution in [1.82, 2.24) is 0 Å². The Balaban J connectivity index is 2.30. The number of aliphatic carboxylic acids is 1. The van der Waals surface area contributed by atoms with Crippen molar-refractivity contribution in [3.05, 3.63) is 23.8 Å². The van der Waals surface area contributed by atoms with Crippen LogP contribution in [0.1, 0.15) is 79.1 Å². The molecule has 0 aromatic carbocycles. The molecule has 0 saturated heterocycles. The molecule has 0 unspecified atom stereocenters. The van der Waals surface area contributed by atoms with Gasteiger partial charge in [0.2, 0.25) is 0 Å². The predicted molar refractivity (Wildman–Crippen MR) is 133 cm³/mol. The molecule has 1 saturated carbocycles. The number of aliphatic hydroxyl groups is 2. The van der Waals surface area contributed by atoms with Crippen molar-refractivity contribution in [2.24, 2.45) is 35.5 Å². The number of rotatable bonds is 2. The first-order chi connectivity index (χ1) is 16.5. The monoisotopic (exact) mass is 489 g/mol. The molecule has 0 aromatic rings. The summed E-state index contributed by atoms with van der Waals surface area (Å²) >= 11 is 0. The van der Waals surface area contributed by atoms with E-state index >= 15 is 0 Å². The summed E-state index contributed by atoms with van der Waals surface area (Å²) in [6.07, 6.45) is 7.33. The summed E-state index contributed by atoms with van der Waals surface area (Å²) in [6, 6.07) is 2.10. The minimum Gasteiger partial charge on any atom is -0.481 e. The average Bonchev–Trinajstić information content (AvgIpc) is 3.27. The van der Waals surface area contributed by atoms with E-state index in [1.54, 1.807) is 18.2 Å². The predicted octanol–water partition coefficient (Wildman–Crippen LogP) is 4.64. The van der Waals surface area contributed by atoms with E-state index in [2.05, 4.69) is 19.9 Å². The van der Waals surface area contributed by atoms with Gasteiger partial charge in [-0.1, -0.05) is 46.3 Å². The van der Waals surface area contributed by atoms with E-state index < -0.39 is 36.2 Å². The van der Waals surface area contributed by atoms with Crippen molar-refractivity contribution in [2.45, 2.75) is 97.4 Å². The maximum Gasteiger partial charge on any atom is 0.308 e. The fourth-order valence-corrected chi connectivity index (χ4v) is 5.97. The molecule has 0 amide bonds. The second kappa shape index (κ2) is 13.8. The van der Waals surface area contributed by atoms with Gasteiger partial charge in [0.05, 0.1) is 36.2 Å². The van der Waals surface area contributed by atoms with Gasteiger partial charge in [-0.25, -0.2) is 0 Å². The molecule has 196 valence electrons. The summed E-state index contributed by atoms with van der Waals surface area (Å²) in [5.74, 6) is -1.77.